The lowest BCUT2D eigenvalue weighted by Crippen LogP contribution is -2.41. The van der Waals surface area contributed by atoms with Gasteiger partial charge in [0.05, 0.1) is 5.69 Å². The van der Waals surface area contributed by atoms with E-state index in [-0.39, 0.29) is 11.8 Å². The van der Waals surface area contributed by atoms with Gasteiger partial charge in [-0.05, 0) is 31.9 Å². The molecule has 3 heterocycles. The van der Waals surface area contributed by atoms with E-state index in [9.17, 15) is 9.59 Å². The number of aryl methyl sites for hydroxylation is 2. The van der Waals surface area contributed by atoms with Crippen LogP contribution in [0.2, 0.25) is 0 Å². The molecule has 0 saturated carbocycles. The summed E-state index contributed by atoms with van der Waals surface area (Å²) >= 11 is 0. The molecule has 27 heavy (non-hydrogen) atoms. The molecule has 2 N–H and O–H groups in total. The van der Waals surface area contributed by atoms with E-state index in [1.807, 2.05) is 50.4 Å². The summed E-state index contributed by atoms with van der Waals surface area (Å²) in [5.74, 6) is 0.530. The van der Waals surface area contributed by atoms with Gasteiger partial charge in [0.2, 0.25) is 11.8 Å². The summed E-state index contributed by atoms with van der Waals surface area (Å²) in [7, 11) is 0. The number of hydrogen-bond acceptors (Lipinski definition) is 3. The summed E-state index contributed by atoms with van der Waals surface area (Å²) in [5.41, 5.74) is 2.90. The van der Waals surface area contributed by atoms with Gasteiger partial charge in [0.15, 0.2) is 0 Å². The van der Waals surface area contributed by atoms with Gasteiger partial charge in [-0.3, -0.25) is 9.59 Å². The van der Waals surface area contributed by atoms with Crippen LogP contribution in [0.15, 0.2) is 36.5 Å². The Bertz CT molecular complexity index is 1000. The second-order valence-corrected chi connectivity index (χ2v) is 6.91. The van der Waals surface area contributed by atoms with Crippen LogP contribution in [-0.4, -0.2) is 37.5 Å². The number of carbonyl (C=O) groups excluding carboxylic acids is 2. The average molecular weight is 365 g/mol. The second-order valence-electron chi connectivity index (χ2n) is 6.91. The maximum absolute atomic E-state index is 12.9. The Morgan fingerprint density at radius 3 is 3.00 bits per heavy atom. The number of anilines is 1. The number of hydrogen-bond donors (Lipinski definition) is 2. The first-order valence-corrected chi connectivity index (χ1v) is 9.26. The van der Waals surface area contributed by atoms with Gasteiger partial charge >= 0.3 is 0 Å². The van der Waals surface area contributed by atoms with Crippen molar-refractivity contribution in [1.29, 1.82) is 0 Å². The molecule has 1 aliphatic heterocycles. The second kappa shape index (κ2) is 6.90. The lowest BCUT2D eigenvalue weighted by atomic mass is 10.1. The normalized spacial score (nSPS) is 17.0. The van der Waals surface area contributed by atoms with Crippen molar-refractivity contribution in [2.45, 2.75) is 45.8 Å². The molecule has 0 aliphatic carbocycles. The van der Waals surface area contributed by atoms with E-state index >= 15 is 0 Å². The first kappa shape index (κ1) is 17.3. The van der Waals surface area contributed by atoms with Gasteiger partial charge in [-0.2, -0.15) is 5.10 Å². The fraction of sp³-hybridized carbons (Fsp3) is 0.350. The minimum Gasteiger partial charge on any atom is -0.361 e. The van der Waals surface area contributed by atoms with Gasteiger partial charge in [0.1, 0.15) is 11.9 Å². The van der Waals surface area contributed by atoms with E-state index in [0.717, 1.165) is 22.2 Å². The van der Waals surface area contributed by atoms with Crippen LogP contribution in [-0.2, 0) is 22.7 Å². The van der Waals surface area contributed by atoms with Crippen LogP contribution in [0, 0.1) is 6.92 Å². The minimum absolute atomic E-state index is 0.0145. The highest BCUT2D eigenvalue weighted by atomic mass is 16.2. The van der Waals surface area contributed by atoms with Crippen LogP contribution in [0.4, 0.5) is 5.82 Å². The largest absolute Gasteiger partial charge is 0.361 e. The van der Waals surface area contributed by atoms with E-state index in [4.69, 9.17) is 0 Å². The number of rotatable bonds is 5. The molecule has 1 aromatic carbocycles. The van der Waals surface area contributed by atoms with E-state index in [1.54, 1.807) is 9.58 Å². The summed E-state index contributed by atoms with van der Waals surface area (Å²) in [6, 6.07) is 9.36. The smallest absolute Gasteiger partial charge is 0.248 e. The van der Waals surface area contributed by atoms with Gasteiger partial charge in [-0.1, -0.05) is 18.2 Å². The Labute approximate surface area is 157 Å². The van der Waals surface area contributed by atoms with E-state index in [1.165, 1.54) is 0 Å². The summed E-state index contributed by atoms with van der Waals surface area (Å²) in [4.78, 5) is 30.2. The summed E-state index contributed by atoms with van der Waals surface area (Å²) in [5, 5.41) is 8.39. The third kappa shape index (κ3) is 3.20. The third-order valence-corrected chi connectivity index (χ3v) is 5.10. The maximum Gasteiger partial charge on any atom is 0.248 e. The third-order valence-electron chi connectivity index (χ3n) is 5.10. The van der Waals surface area contributed by atoms with Crippen LogP contribution in [0.3, 0.4) is 0 Å². The van der Waals surface area contributed by atoms with Crippen molar-refractivity contribution < 1.29 is 9.59 Å². The molecular formula is C20H23N5O2. The van der Waals surface area contributed by atoms with E-state index < -0.39 is 6.04 Å². The Morgan fingerprint density at radius 1 is 1.37 bits per heavy atom. The van der Waals surface area contributed by atoms with Crippen LogP contribution >= 0.6 is 0 Å². The molecule has 1 atom stereocenters. The van der Waals surface area contributed by atoms with E-state index in [2.05, 4.69) is 15.4 Å². The monoisotopic (exact) mass is 365 g/mol. The molecule has 0 radical (unpaired) electrons. The highest BCUT2D eigenvalue weighted by Gasteiger charge is 2.36. The molecule has 140 valence electrons. The summed E-state index contributed by atoms with van der Waals surface area (Å²) in [6.07, 6.45) is 2.85. The highest BCUT2D eigenvalue weighted by molar-refractivity contribution is 5.98. The molecule has 1 saturated heterocycles. The number of amides is 2. The zero-order valence-corrected chi connectivity index (χ0v) is 15.5. The predicted molar refractivity (Wildman–Crippen MR) is 103 cm³/mol. The van der Waals surface area contributed by atoms with Crippen molar-refractivity contribution in [2.75, 3.05) is 5.32 Å². The van der Waals surface area contributed by atoms with Crippen LogP contribution in [0.25, 0.3) is 10.9 Å². The SMILES string of the molecule is CCn1nc(C)cc1NC(=O)C1CCC(=O)N1Cc1c[nH]c2ccccc12. The van der Waals surface area contributed by atoms with Gasteiger partial charge in [0, 0.05) is 42.7 Å². The molecule has 2 aromatic heterocycles. The molecule has 1 fully saturated rings. The number of carbonyl (C=O) groups is 2. The van der Waals surface area contributed by atoms with Crippen molar-refractivity contribution in [3.05, 3.63) is 47.8 Å². The first-order valence-electron chi connectivity index (χ1n) is 9.26. The van der Waals surface area contributed by atoms with E-state index in [0.29, 0.717) is 31.7 Å². The average Bonchev–Trinajstić information content (AvgIpc) is 3.34. The number of nitrogens with one attached hydrogen (secondary N) is 2. The molecule has 1 aliphatic rings. The fourth-order valence-corrected chi connectivity index (χ4v) is 3.75. The maximum atomic E-state index is 12.9. The molecule has 7 heteroatoms. The van der Waals surface area contributed by atoms with Gasteiger partial charge in [-0.25, -0.2) is 4.68 Å². The number of para-hydroxylation sites is 1. The number of benzene rings is 1. The molecule has 0 bridgehead atoms. The summed E-state index contributed by atoms with van der Waals surface area (Å²) in [6.45, 7) is 4.97. The van der Waals surface area contributed by atoms with Crippen molar-refractivity contribution in [3.63, 3.8) is 0 Å². The fourth-order valence-electron chi connectivity index (χ4n) is 3.75. The number of nitrogens with zero attached hydrogens (tertiary/aromatic N) is 3. The molecule has 1 unspecified atom stereocenters. The number of aromatic nitrogens is 3. The Hall–Kier alpha value is -3.09. The predicted octanol–water partition coefficient (Wildman–Crippen LogP) is 2.82. The zero-order valence-electron chi connectivity index (χ0n) is 15.5. The van der Waals surface area contributed by atoms with Crippen LogP contribution in [0.5, 0.6) is 0 Å². The van der Waals surface area contributed by atoms with Gasteiger partial charge < -0.3 is 15.2 Å². The molecule has 4 rings (SSSR count). The Kier molecular flexibility index (Phi) is 4.43. The number of fused-ring (bicyclic) bond motifs is 1. The molecule has 2 amide bonds. The van der Waals surface area contributed by atoms with Gasteiger partial charge in [0.25, 0.3) is 0 Å². The molecule has 3 aromatic rings. The quantitative estimate of drug-likeness (QED) is 0.729. The van der Waals surface area contributed by atoms with Crippen molar-refractivity contribution >= 4 is 28.5 Å². The Morgan fingerprint density at radius 2 is 2.19 bits per heavy atom. The van der Waals surface area contributed by atoms with Crippen molar-refractivity contribution in [1.82, 2.24) is 19.7 Å². The van der Waals surface area contributed by atoms with Crippen LogP contribution in [0.1, 0.15) is 31.0 Å². The van der Waals surface area contributed by atoms with Crippen LogP contribution < -0.4 is 5.32 Å². The van der Waals surface area contributed by atoms with Gasteiger partial charge in [-0.15, -0.1) is 0 Å². The lowest BCUT2D eigenvalue weighted by Gasteiger charge is -2.24. The molecule has 0 spiro atoms. The molecule has 7 nitrogen and oxygen atoms in total. The number of aromatic amines is 1. The molecular weight excluding hydrogens is 342 g/mol. The lowest BCUT2D eigenvalue weighted by molar-refractivity contribution is -0.133. The summed E-state index contributed by atoms with van der Waals surface area (Å²) < 4.78 is 1.76. The van der Waals surface area contributed by atoms with Crippen molar-refractivity contribution in [2.24, 2.45) is 0 Å². The number of H-pyrrole nitrogens is 1. The Balaban J connectivity index is 1.55. The standard InChI is InChI=1S/C20H23N5O2/c1-3-25-18(10-13(2)23-25)22-20(27)17-8-9-19(26)24(17)12-14-11-21-16-7-5-4-6-15(14)16/h4-7,10-11,17,21H,3,8-9,12H2,1-2H3,(H,22,27). The topological polar surface area (TPSA) is 83.0 Å². The van der Waals surface area contributed by atoms with Crippen molar-refractivity contribution in [3.8, 4) is 0 Å². The minimum atomic E-state index is -0.466. The first-order chi connectivity index (χ1) is 13.1. The number of likely N-dealkylation sites (tertiary alicyclic amines) is 1. The zero-order chi connectivity index (χ0) is 19.0. The highest BCUT2D eigenvalue weighted by Crippen LogP contribution is 2.26.